The zero-order chi connectivity index (χ0) is 16.4. The summed E-state index contributed by atoms with van der Waals surface area (Å²) in [6.07, 6.45) is 1.11. The van der Waals surface area contributed by atoms with E-state index >= 15 is 0 Å². The normalized spacial score (nSPS) is 20.0. The summed E-state index contributed by atoms with van der Waals surface area (Å²) in [4.78, 5) is 6.77. The standard InChI is InChI=1S/C16H34N4O2/c1-5-17-15(18-7-6-14(2)3)19-12-16(4,21)13-20-8-10-22-11-9-20/h14,21H,5-13H2,1-4H3,(H2,17,18,19). The Morgan fingerprint density at radius 2 is 2.00 bits per heavy atom. The molecule has 1 saturated heterocycles. The molecule has 1 atom stereocenters. The van der Waals surface area contributed by atoms with E-state index in [0.717, 1.165) is 51.8 Å². The van der Waals surface area contributed by atoms with Crippen molar-refractivity contribution in [1.82, 2.24) is 15.5 Å². The van der Waals surface area contributed by atoms with E-state index in [4.69, 9.17) is 4.74 Å². The highest BCUT2D eigenvalue weighted by Crippen LogP contribution is 2.09. The van der Waals surface area contributed by atoms with Gasteiger partial charge in [0.25, 0.3) is 0 Å². The summed E-state index contributed by atoms with van der Waals surface area (Å²) < 4.78 is 5.34. The molecule has 1 fully saturated rings. The minimum atomic E-state index is -0.822. The highest BCUT2D eigenvalue weighted by molar-refractivity contribution is 5.79. The van der Waals surface area contributed by atoms with E-state index in [9.17, 15) is 5.11 Å². The zero-order valence-corrected chi connectivity index (χ0v) is 14.7. The van der Waals surface area contributed by atoms with Crippen LogP contribution in [0.3, 0.4) is 0 Å². The number of hydrogen-bond acceptors (Lipinski definition) is 4. The van der Waals surface area contributed by atoms with E-state index in [1.165, 1.54) is 0 Å². The predicted octanol–water partition coefficient (Wildman–Crippen LogP) is 0.671. The number of nitrogens with zero attached hydrogens (tertiary/aromatic N) is 2. The van der Waals surface area contributed by atoms with Gasteiger partial charge < -0.3 is 20.5 Å². The Morgan fingerprint density at radius 3 is 2.59 bits per heavy atom. The summed E-state index contributed by atoms with van der Waals surface area (Å²) in [5.74, 6) is 1.45. The van der Waals surface area contributed by atoms with Crippen LogP contribution in [0.25, 0.3) is 0 Å². The van der Waals surface area contributed by atoms with E-state index in [1.54, 1.807) is 0 Å². The van der Waals surface area contributed by atoms with Gasteiger partial charge in [-0.3, -0.25) is 9.89 Å². The van der Waals surface area contributed by atoms with Crippen molar-refractivity contribution in [3.05, 3.63) is 0 Å². The number of rotatable bonds is 8. The first-order valence-electron chi connectivity index (χ1n) is 8.47. The first-order chi connectivity index (χ1) is 10.4. The first-order valence-corrected chi connectivity index (χ1v) is 8.47. The molecule has 1 unspecified atom stereocenters. The molecule has 0 aliphatic carbocycles. The average Bonchev–Trinajstić information content (AvgIpc) is 2.45. The van der Waals surface area contributed by atoms with E-state index in [0.29, 0.717) is 19.0 Å². The molecule has 0 bridgehead atoms. The SMILES string of the molecule is CCNC(=NCC(C)(O)CN1CCOCC1)NCCC(C)C. The van der Waals surface area contributed by atoms with Gasteiger partial charge in [0.15, 0.2) is 5.96 Å². The summed E-state index contributed by atoms with van der Waals surface area (Å²) in [7, 11) is 0. The van der Waals surface area contributed by atoms with Crippen molar-refractivity contribution in [2.75, 3.05) is 52.5 Å². The fourth-order valence-corrected chi connectivity index (χ4v) is 2.36. The minimum absolute atomic E-state index is 0.390. The number of ether oxygens (including phenoxy) is 1. The second kappa shape index (κ2) is 10.0. The molecule has 0 radical (unpaired) electrons. The van der Waals surface area contributed by atoms with Crippen molar-refractivity contribution >= 4 is 5.96 Å². The van der Waals surface area contributed by atoms with Gasteiger partial charge in [0.05, 0.1) is 25.4 Å². The fourth-order valence-electron chi connectivity index (χ4n) is 2.36. The molecule has 1 heterocycles. The maximum Gasteiger partial charge on any atom is 0.191 e. The van der Waals surface area contributed by atoms with Gasteiger partial charge in [-0.2, -0.15) is 0 Å². The van der Waals surface area contributed by atoms with E-state index in [-0.39, 0.29) is 0 Å². The van der Waals surface area contributed by atoms with E-state index in [1.807, 2.05) is 13.8 Å². The Bertz CT molecular complexity index is 326. The Morgan fingerprint density at radius 1 is 1.32 bits per heavy atom. The number of hydrogen-bond donors (Lipinski definition) is 3. The fraction of sp³-hybridized carbons (Fsp3) is 0.938. The molecular formula is C16H34N4O2. The first kappa shape index (κ1) is 19.2. The van der Waals surface area contributed by atoms with Crippen LogP contribution in [-0.4, -0.2) is 74.0 Å². The Labute approximate surface area is 135 Å². The zero-order valence-electron chi connectivity index (χ0n) is 14.7. The molecule has 6 nitrogen and oxygen atoms in total. The van der Waals surface area contributed by atoms with Crippen molar-refractivity contribution in [2.24, 2.45) is 10.9 Å². The average molecular weight is 314 g/mol. The number of β-amino-alcohol motifs (C(OH)–C–C–N with tert-alkyl or cyclic N) is 1. The van der Waals surface area contributed by atoms with Gasteiger partial charge >= 0.3 is 0 Å². The molecule has 0 saturated carbocycles. The van der Waals surface area contributed by atoms with E-state index in [2.05, 4.69) is 34.4 Å². The van der Waals surface area contributed by atoms with Gasteiger partial charge in [0.1, 0.15) is 0 Å². The number of aliphatic imine (C=N–C) groups is 1. The molecule has 3 N–H and O–H groups in total. The molecule has 6 heteroatoms. The molecule has 0 aromatic heterocycles. The van der Waals surface area contributed by atoms with Gasteiger partial charge in [-0.15, -0.1) is 0 Å². The largest absolute Gasteiger partial charge is 0.387 e. The second-order valence-corrected chi connectivity index (χ2v) is 6.69. The van der Waals surface area contributed by atoms with Crippen LogP contribution in [0, 0.1) is 5.92 Å². The number of aliphatic hydroxyl groups is 1. The van der Waals surface area contributed by atoms with Gasteiger partial charge in [-0.05, 0) is 26.2 Å². The minimum Gasteiger partial charge on any atom is -0.387 e. The summed E-state index contributed by atoms with van der Waals surface area (Å²) in [5, 5.41) is 17.1. The van der Waals surface area contributed by atoms with Crippen LogP contribution in [-0.2, 0) is 4.74 Å². The van der Waals surface area contributed by atoms with Gasteiger partial charge in [0.2, 0.25) is 0 Å². The monoisotopic (exact) mass is 314 g/mol. The Hall–Kier alpha value is -0.850. The molecule has 0 spiro atoms. The lowest BCUT2D eigenvalue weighted by molar-refractivity contribution is -0.0179. The van der Waals surface area contributed by atoms with Crippen molar-refractivity contribution in [1.29, 1.82) is 0 Å². The lowest BCUT2D eigenvalue weighted by Gasteiger charge is -2.33. The second-order valence-electron chi connectivity index (χ2n) is 6.69. The molecule has 0 aromatic carbocycles. The van der Waals surface area contributed by atoms with Crippen molar-refractivity contribution in [3.8, 4) is 0 Å². The quantitative estimate of drug-likeness (QED) is 0.454. The Balaban J connectivity index is 2.43. The molecule has 1 rings (SSSR count). The smallest absolute Gasteiger partial charge is 0.191 e. The van der Waals surface area contributed by atoms with Crippen LogP contribution in [0.15, 0.2) is 4.99 Å². The molecule has 1 aliphatic rings. The lowest BCUT2D eigenvalue weighted by atomic mass is 10.1. The predicted molar refractivity (Wildman–Crippen MR) is 91.3 cm³/mol. The maximum absolute atomic E-state index is 10.6. The molecule has 130 valence electrons. The van der Waals surface area contributed by atoms with Crippen LogP contribution in [0.5, 0.6) is 0 Å². The van der Waals surface area contributed by atoms with Gasteiger partial charge in [0, 0.05) is 32.7 Å². The summed E-state index contributed by atoms with van der Waals surface area (Å²) in [6.45, 7) is 14.3. The van der Waals surface area contributed by atoms with E-state index < -0.39 is 5.60 Å². The highest BCUT2D eigenvalue weighted by atomic mass is 16.5. The summed E-state index contributed by atoms with van der Waals surface area (Å²) >= 11 is 0. The van der Waals surface area contributed by atoms with Crippen LogP contribution in [0.2, 0.25) is 0 Å². The van der Waals surface area contributed by atoms with Crippen LogP contribution < -0.4 is 10.6 Å². The lowest BCUT2D eigenvalue weighted by Crippen LogP contribution is -2.48. The number of guanidine groups is 1. The van der Waals surface area contributed by atoms with Crippen LogP contribution in [0.1, 0.15) is 34.1 Å². The molecule has 0 aromatic rings. The third kappa shape index (κ3) is 8.56. The van der Waals surface area contributed by atoms with Crippen molar-refractivity contribution < 1.29 is 9.84 Å². The summed E-state index contributed by atoms with van der Waals surface area (Å²) in [5.41, 5.74) is -0.822. The van der Waals surface area contributed by atoms with Gasteiger partial charge in [-0.1, -0.05) is 13.8 Å². The molecular weight excluding hydrogens is 280 g/mol. The Kier molecular flexibility index (Phi) is 8.75. The third-order valence-corrected chi connectivity index (χ3v) is 3.60. The van der Waals surface area contributed by atoms with Gasteiger partial charge in [-0.25, -0.2) is 0 Å². The van der Waals surface area contributed by atoms with Crippen LogP contribution >= 0.6 is 0 Å². The molecule has 1 aliphatic heterocycles. The number of morpholine rings is 1. The third-order valence-electron chi connectivity index (χ3n) is 3.60. The van der Waals surface area contributed by atoms with Crippen molar-refractivity contribution in [3.63, 3.8) is 0 Å². The topological polar surface area (TPSA) is 69.1 Å². The highest BCUT2D eigenvalue weighted by Gasteiger charge is 2.25. The molecule has 22 heavy (non-hydrogen) atoms. The van der Waals surface area contributed by atoms with Crippen molar-refractivity contribution in [2.45, 2.75) is 39.7 Å². The number of nitrogens with one attached hydrogen (secondary N) is 2. The summed E-state index contributed by atoms with van der Waals surface area (Å²) in [6, 6.07) is 0. The maximum atomic E-state index is 10.6. The molecule has 0 amide bonds. The van der Waals surface area contributed by atoms with Crippen LogP contribution in [0.4, 0.5) is 0 Å².